The molecule has 1 aromatic heterocycles. The monoisotopic (exact) mass is 461 g/mol. The fraction of sp³-hybridized carbons (Fsp3) is 0.346. The van der Waals surface area contributed by atoms with E-state index in [1.54, 1.807) is 25.3 Å². The van der Waals surface area contributed by atoms with Gasteiger partial charge < -0.3 is 20.1 Å². The summed E-state index contributed by atoms with van der Waals surface area (Å²) in [6.07, 6.45) is 0.884. The fourth-order valence-electron chi connectivity index (χ4n) is 4.06. The molecule has 8 nitrogen and oxygen atoms in total. The van der Waals surface area contributed by atoms with Gasteiger partial charge in [0.2, 0.25) is 0 Å². The van der Waals surface area contributed by atoms with Crippen LogP contribution in [0, 0.1) is 0 Å². The van der Waals surface area contributed by atoms with Gasteiger partial charge >= 0.3 is 0 Å². The number of piperazine rings is 1. The van der Waals surface area contributed by atoms with Crippen molar-refractivity contribution in [1.82, 2.24) is 20.4 Å². The Morgan fingerprint density at radius 1 is 1.03 bits per heavy atom. The number of carbonyl (C=O) groups excluding carboxylic acids is 1. The number of rotatable bonds is 8. The summed E-state index contributed by atoms with van der Waals surface area (Å²) in [7, 11) is 1.69. The Hall–Kier alpha value is -3.65. The first-order valence-corrected chi connectivity index (χ1v) is 11.6. The van der Waals surface area contributed by atoms with Crippen LogP contribution in [0.5, 0.6) is 11.5 Å². The van der Waals surface area contributed by atoms with Gasteiger partial charge in [-0.2, -0.15) is 0 Å². The number of benzene rings is 2. The predicted octanol–water partition coefficient (Wildman–Crippen LogP) is 3.32. The van der Waals surface area contributed by atoms with Gasteiger partial charge in [-0.15, -0.1) is 10.2 Å². The number of ether oxygens (including phenoxy) is 1. The topological polar surface area (TPSA) is 90.8 Å². The first-order chi connectivity index (χ1) is 16.6. The molecule has 34 heavy (non-hydrogen) atoms. The van der Waals surface area contributed by atoms with Gasteiger partial charge in [-0.3, -0.25) is 9.69 Å². The second-order valence-corrected chi connectivity index (χ2v) is 8.37. The molecule has 2 heterocycles. The van der Waals surface area contributed by atoms with Gasteiger partial charge in [0.05, 0.1) is 7.11 Å². The minimum atomic E-state index is -0.185. The van der Waals surface area contributed by atoms with E-state index in [4.69, 9.17) is 4.74 Å². The third-order valence-electron chi connectivity index (χ3n) is 5.98. The second-order valence-electron chi connectivity index (χ2n) is 8.37. The van der Waals surface area contributed by atoms with Gasteiger partial charge in [0.25, 0.3) is 5.91 Å². The van der Waals surface area contributed by atoms with E-state index in [0.717, 1.165) is 67.4 Å². The van der Waals surface area contributed by atoms with Gasteiger partial charge in [-0.1, -0.05) is 31.2 Å². The van der Waals surface area contributed by atoms with Crippen LogP contribution in [0.25, 0.3) is 11.1 Å². The van der Waals surface area contributed by atoms with E-state index >= 15 is 0 Å². The van der Waals surface area contributed by atoms with Crippen molar-refractivity contribution in [2.75, 3.05) is 44.7 Å². The lowest BCUT2D eigenvalue weighted by atomic mass is 10.0. The minimum absolute atomic E-state index is 0.185. The maximum absolute atomic E-state index is 12.0. The number of nitrogens with zero attached hydrogens (tertiary/aromatic N) is 4. The van der Waals surface area contributed by atoms with E-state index in [0.29, 0.717) is 12.2 Å². The molecule has 178 valence electrons. The van der Waals surface area contributed by atoms with Crippen LogP contribution in [0.1, 0.15) is 29.4 Å². The van der Waals surface area contributed by atoms with Gasteiger partial charge in [-0.05, 0) is 47.9 Å². The number of aromatic nitrogens is 2. The molecule has 2 N–H and O–H groups in total. The van der Waals surface area contributed by atoms with Gasteiger partial charge in [0.1, 0.15) is 11.5 Å². The lowest BCUT2D eigenvalue weighted by Crippen LogP contribution is -2.46. The van der Waals surface area contributed by atoms with Gasteiger partial charge in [0.15, 0.2) is 11.5 Å². The zero-order valence-corrected chi connectivity index (χ0v) is 19.7. The van der Waals surface area contributed by atoms with Crippen molar-refractivity contribution in [2.45, 2.75) is 19.9 Å². The molecule has 1 fully saturated rings. The van der Waals surface area contributed by atoms with Crippen LogP contribution >= 0.6 is 0 Å². The predicted molar refractivity (Wildman–Crippen MR) is 132 cm³/mol. The molecular weight excluding hydrogens is 430 g/mol. The Bertz CT molecular complexity index is 1110. The van der Waals surface area contributed by atoms with E-state index in [2.05, 4.69) is 37.4 Å². The van der Waals surface area contributed by atoms with Crippen LogP contribution in [0.4, 0.5) is 5.82 Å². The number of aromatic hydroxyl groups is 1. The largest absolute Gasteiger partial charge is 0.508 e. The lowest BCUT2D eigenvalue weighted by Gasteiger charge is -2.35. The van der Waals surface area contributed by atoms with E-state index < -0.39 is 0 Å². The molecule has 1 amide bonds. The number of methoxy groups -OCH3 is 1. The van der Waals surface area contributed by atoms with Crippen LogP contribution in [0.3, 0.4) is 0 Å². The highest BCUT2D eigenvalue weighted by molar-refractivity contribution is 5.92. The fourth-order valence-corrected chi connectivity index (χ4v) is 4.06. The second kappa shape index (κ2) is 11.0. The third kappa shape index (κ3) is 5.63. The first-order valence-electron chi connectivity index (χ1n) is 11.6. The van der Waals surface area contributed by atoms with Crippen molar-refractivity contribution in [1.29, 1.82) is 0 Å². The molecule has 8 heteroatoms. The average Bonchev–Trinajstić information content (AvgIpc) is 2.88. The molecule has 1 aliphatic rings. The quantitative estimate of drug-likeness (QED) is 0.532. The number of carbonyl (C=O) groups is 1. The molecule has 0 aliphatic carbocycles. The summed E-state index contributed by atoms with van der Waals surface area (Å²) < 4.78 is 5.67. The average molecular weight is 462 g/mol. The Kier molecular flexibility index (Phi) is 7.59. The molecule has 1 aliphatic heterocycles. The highest BCUT2D eigenvalue weighted by Gasteiger charge is 2.20. The smallest absolute Gasteiger partial charge is 0.271 e. The van der Waals surface area contributed by atoms with E-state index in [9.17, 15) is 9.90 Å². The number of amides is 1. The molecule has 0 radical (unpaired) electrons. The van der Waals surface area contributed by atoms with Crippen LogP contribution < -0.4 is 15.0 Å². The Morgan fingerprint density at radius 2 is 1.82 bits per heavy atom. The zero-order valence-electron chi connectivity index (χ0n) is 19.7. The number of hydrogen-bond acceptors (Lipinski definition) is 7. The number of phenols is 1. The van der Waals surface area contributed by atoms with E-state index in [1.807, 2.05) is 31.2 Å². The van der Waals surface area contributed by atoms with Crippen molar-refractivity contribution in [3.8, 4) is 22.6 Å². The van der Waals surface area contributed by atoms with Crippen LogP contribution in [-0.4, -0.2) is 65.9 Å². The van der Waals surface area contributed by atoms with Crippen molar-refractivity contribution < 1.29 is 14.6 Å². The summed E-state index contributed by atoms with van der Waals surface area (Å²) in [6, 6.07) is 17.0. The van der Waals surface area contributed by atoms with Crippen molar-refractivity contribution >= 4 is 11.7 Å². The summed E-state index contributed by atoms with van der Waals surface area (Å²) in [5.41, 5.74) is 3.43. The molecule has 2 aromatic carbocycles. The zero-order chi connectivity index (χ0) is 23.9. The third-order valence-corrected chi connectivity index (χ3v) is 5.98. The Morgan fingerprint density at radius 3 is 2.50 bits per heavy atom. The van der Waals surface area contributed by atoms with E-state index in [-0.39, 0.29) is 11.7 Å². The summed E-state index contributed by atoms with van der Waals surface area (Å²) in [5, 5.41) is 21.0. The van der Waals surface area contributed by atoms with Crippen LogP contribution in [-0.2, 0) is 6.54 Å². The molecule has 0 unspecified atom stereocenters. The molecule has 0 atom stereocenters. The Labute approximate surface area is 200 Å². The molecule has 0 spiro atoms. The summed E-state index contributed by atoms with van der Waals surface area (Å²) in [6.45, 7) is 6.87. The summed E-state index contributed by atoms with van der Waals surface area (Å²) >= 11 is 0. The SMILES string of the molecule is CCCNC(=O)c1ccc(N2CCN(Cc3ccc(-c4cccc(O)c4)cc3OC)CC2)nn1. The molecule has 3 aromatic rings. The number of nitrogens with one attached hydrogen (secondary N) is 1. The van der Waals surface area contributed by atoms with Crippen LogP contribution in [0.15, 0.2) is 54.6 Å². The maximum atomic E-state index is 12.0. The highest BCUT2D eigenvalue weighted by Crippen LogP contribution is 2.30. The van der Waals surface area contributed by atoms with Crippen molar-refractivity contribution in [3.05, 3.63) is 65.9 Å². The molecule has 0 saturated carbocycles. The Balaban J connectivity index is 1.35. The standard InChI is InChI=1S/C26H31N5O3/c1-3-11-27-26(33)23-9-10-25(29-28-23)31-14-12-30(13-15-31)18-21-8-7-20(17-24(21)34-2)19-5-4-6-22(32)16-19/h4-10,16-17,32H,3,11-15,18H2,1-2H3,(H,27,33). The minimum Gasteiger partial charge on any atom is -0.508 e. The first kappa shape index (κ1) is 23.5. The maximum Gasteiger partial charge on any atom is 0.271 e. The normalized spacial score (nSPS) is 14.1. The summed E-state index contributed by atoms with van der Waals surface area (Å²) in [5.74, 6) is 1.69. The van der Waals surface area contributed by atoms with Gasteiger partial charge in [-0.25, -0.2) is 0 Å². The van der Waals surface area contributed by atoms with Crippen molar-refractivity contribution in [2.24, 2.45) is 0 Å². The number of anilines is 1. The number of phenolic OH excluding ortho intramolecular Hbond substituents is 1. The molecule has 0 bridgehead atoms. The van der Waals surface area contributed by atoms with E-state index in [1.165, 1.54) is 0 Å². The van der Waals surface area contributed by atoms with Crippen LogP contribution in [0.2, 0.25) is 0 Å². The molecule has 4 rings (SSSR count). The van der Waals surface area contributed by atoms with Gasteiger partial charge in [0, 0.05) is 44.8 Å². The number of hydrogen-bond donors (Lipinski definition) is 2. The van der Waals surface area contributed by atoms with Crippen molar-refractivity contribution in [3.63, 3.8) is 0 Å². The lowest BCUT2D eigenvalue weighted by molar-refractivity contribution is 0.0947. The highest BCUT2D eigenvalue weighted by atomic mass is 16.5. The molecule has 1 saturated heterocycles. The summed E-state index contributed by atoms with van der Waals surface area (Å²) in [4.78, 5) is 16.6. The molecular formula is C26H31N5O3.